The van der Waals surface area contributed by atoms with Gasteiger partial charge < -0.3 is 10.0 Å². The molecule has 0 fully saturated rings. The Hall–Kier alpha value is -2.25. The Morgan fingerprint density at radius 1 is 1.17 bits per heavy atom. The minimum absolute atomic E-state index is 0.133. The fraction of sp³-hybridized carbons (Fsp3) is 0.188. The van der Waals surface area contributed by atoms with Crippen LogP contribution in [0.5, 0.6) is 0 Å². The molecule has 0 aliphatic carbocycles. The predicted octanol–water partition coefficient (Wildman–Crippen LogP) is 1.94. The molecule has 0 spiro atoms. The molecule has 0 saturated carbocycles. The lowest BCUT2D eigenvalue weighted by atomic mass is 10.1. The van der Waals surface area contributed by atoms with Gasteiger partial charge in [-0.25, -0.2) is 4.39 Å². The van der Waals surface area contributed by atoms with E-state index in [0.717, 1.165) is 0 Å². The van der Waals surface area contributed by atoms with Gasteiger partial charge in [-0.05, 0) is 29.8 Å². The van der Waals surface area contributed by atoms with Gasteiger partial charge in [0.25, 0.3) is 10.0 Å². The number of nitrogens with zero attached hydrogens (tertiary/aromatic N) is 2. The van der Waals surface area contributed by atoms with Crippen molar-refractivity contribution in [2.75, 3.05) is 13.6 Å². The molecule has 0 amide bonds. The zero-order chi connectivity index (χ0) is 16.6. The van der Waals surface area contributed by atoms with E-state index in [1.165, 1.54) is 30.3 Å². The fourth-order valence-electron chi connectivity index (χ4n) is 2.50. The number of benzene rings is 2. The van der Waals surface area contributed by atoms with Gasteiger partial charge in [0.15, 0.2) is 5.84 Å². The highest BCUT2D eigenvalue weighted by Crippen LogP contribution is 2.27. The second-order valence-corrected chi connectivity index (χ2v) is 6.91. The average Bonchev–Trinajstić information content (AvgIpc) is 2.80. The maximum atomic E-state index is 12.9. The van der Waals surface area contributed by atoms with Gasteiger partial charge in [0.2, 0.25) is 0 Å². The van der Waals surface area contributed by atoms with E-state index in [9.17, 15) is 17.9 Å². The molecule has 2 aromatic rings. The standard InChI is InChI=1S/C16H15FN2O3S/c1-19(10-14(20)11-6-8-12(17)9-7-11)16-13-4-2-3-5-15(13)23(21,22)18-16/h2-9,14,20H,10H2,1H3/t14-/m0/s1. The molecule has 7 heteroatoms. The molecule has 1 heterocycles. The molecule has 1 atom stereocenters. The zero-order valence-electron chi connectivity index (χ0n) is 12.3. The van der Waals surface area contributed by atoms with Crippen LogP contribution in [0, 0.1) is 5.82 Å². The van der Waals surface area contributed by atoms with Gasteiger partial charge in [-0.1, -0.05) is 24.3 Å². The minimum Gasteiger partial charge on any atom is -0.387 e. The van der Waals surface area contributed by atoms with Crippen molar-refractivity contribution in [3.05, 3.63) is 65.5 Å². The Morgan fingerprint density at radius 3 is 2.52 bits per heavy atom. The largest absolute Gasteiger partial charge is 0.387 e. The highest BCUT2D eigenvalue weighted by molar-refractivity contribution is 7.90. The van der Waals surface area contributed by atoms with E-state index in [1.807, 2.05) is 0 Å². The van der Waals surface area contributed by atoms with Crippen LogP contribution in [-0.4, -0.2) is 37.9 Å². The third-order valence-corrected chi connectivity index (χ3v) is 5.00. The monoisotopic (exact) mass is 334 g/mol. The normalized spacial score (nSPS) is 16.6. The smallest absolute Gasteiger partial charge is 0.285 e. The van der Waals surface area contributed by atoms with E-state index in [4.69, 9.17) is 0 Å². The number of hydrogen-bond donors (Lipinski definition) is 1. The van der Waals surface area contributed by atoms with Crippen molar-refractivity contribution in [1.29, 1.82) is 0 Å². The number of sulfonamides is 1. The Morgan fingerprint density at radius 2 is 1.83 bits per heavy atom. The SMILES string of the molecule is CN(C[C@H](O)c1ccc(F)cc1)C1=NS(=O)(=O)c2ccccc21. The molecule has 0 aromatic heterocycles. The van der Waals surface area contributed by atoms with Crippen molar-refractivity contribution in [1.82, 2.24) is 4.90 Å². The summed E-state index contributed by atoms with van der Waals surface area (Å²) in [4.78, 5) is 1.75. The van der Waals surface area contributed by atoms with Gasteiger partial charge >= 0.3 is 0 Å². The number of aliphatic hydroxyl groups is 1. The lowest BCUT2D eigenvalue weighted by Gasteiger charge is -2.22. The molecule has 0 radical (unpaired) electrons. The summed E-state index contributed by atoms with van der Waals surface area (Å²) in [5.74, 6) is -0.0868. The molecular weight excluding hydrogens is 319 g/mol. The van der Waals surface area contributed by atoms with Crippen LogP contribution in [0.4, 0.5) is 4.39 Å². The number of fused-ring (bicyclic) bond motifs is 1. The van der Waals surface area contributed by atoms with Gasteiger partial charge in [-0.3, -0.25) is 0 Å². The molecule has 0 bridgehead atoms. The van der Waals surface area contributed by atoms with Crippen LogP contribution in [0.15, 0.2) is 57.8 Å². The Labute approximate surface area is 133 Å². The van der Waals surface area contributed by atoms with Crippen molar-refractivity contribution < 1.29 is 17.9 Å². The summed E-state index contributed by atoms with van der Waals surface area (Å²) in [5, 5.41) is 10.3. The van der Waals surface area contributed by atoms with Crippen LogP contribution >= 0.6 is 0 Å². The molecule has 3 rings (SSSR count). The molecule has 0 unspecified atom stereocenters. The van der Waals surface area contributed by atoms with E-state index >= 15 is 0 Å². The lowest BCUT2D eigenvalue weighted by molar-refractivity contribution is 0.152. The first kappa shape index (κ1) is 15.6. The van der Waals surface area contributed by atoms with Crippen molar-refractivity contribution in [3.8, 4) is 0 Å². The van der Waals surface area contributed by atoms with Gasteiger partial charge in [-0.15, -0.1) is 4.40 Å². The third kappa shape index (κ3) is 2.97. The van der Waals surface area contributed by atoms with Crippen LogP contribution in [0.25, 0.3) is 0 Å². The topological polar surface area (TPSA) is 70.0 Å². The van der Waals surface area contributed by atoms with Crippen molar-refractivity contribution in [2.24, 2.45) is 4.40 Å². The molecule has 1 N–H and O–H groups in total. The summed E-state index contributed by atoms with van der Waals surface area (Å²) in [6.07, 6.45) is -0.890. The number of likely N-dealkylation sites (N-methyl/N-ethyl adjacent to an activating group) is 1. The summed E-state index contributed by atoms with van der Waals surface area (Å²) in [6.45, 7) is 0.133. The number of rotatable bonds is 3. The van der Waals surface area contributed by atoms with E-state index in [1.54, 1.807) is 30.1 Å². The Balaban J connectivity index is 1.84. The predicted molar refractivity (Wildman–Crippen MR) is 84.2 cm³/mol. The molecule has 1 aliphatic rings. The molecular formula is C16H15FN2O3S. The van der Waals surface area contributed by atoms with E-state index in [2.05, 4.69) is 4.40 Å². The first-order valence-electron chi connectivity index (χ1n) is 6.97. The highest BCUT2D eigenvalue weighted by Gasteiger charge is 2.30. The summed E-state index contributed by atoms with van der Waals surface area (Å²) in [5.41, 5.74) is 1.06. The second-order valence-electron chi connectivity index (χ2n) is 5.33. The first-order valence-corrected chi connectivity index (χ1v) is 8.41. The zero-order valence-corrected chi connectivity index (χ0v) is 13.2. The maximum Gasteiger partial charge on any atom is 0.285 e. The number of aliphatic hydroxyl groups excluding tert-OH is 1. The second kappa shape index (κ2) is 5.75. The molecule has 2 aromatic carbocycles. The minimum atomic E-state index is -3.69. The first-order chi connectivity index (χ1) is 10.9. The van der Waals surface area contributed by atoms with Gasteiger partial charge in [-0.2, -0.15) is 8.42 Å². The van der Waals surface area contributed by atoms with Gasteiger partial charge in [0.05, 0.1) is 6.10 Å². The van der Waals surface area contributed by atoms with Crippen LogP contribution in [0.2, 0.25) is 0 Å². The van der Waals surface area contributed by atoms with Gasteiger partial charge in [0, 0.05) is 19.2 Å². The highest BCUT2D eigenvalue weighted by atomic mass is 32.2. The summed E-state index contributed by atoms with van der Waals surface area (Å²) < 4.78 is 40.8. The van der Waals surface area contributed by atoms with Crippen molar-refractivity contribution in [2.45, 2.75) is 11.0 Å². The molecule has 0 saturated heterocycles. The third-order valence-electron chi connectivity index (χ3n) is 3.68. The number of halogens is 1. The number of hydrogen-bond acceptors (Lipinski definition) is 4. The van der Waals surface area contributed by atoms with Gasteiger partial charge in [0.1, 0.15) is 10.7 Å². The average molecular weight is 334 g/mol. The quantitative estimate of drug-likeness (QED) is 0.931. The summed E-state index contributed by atoms with van der Waals surface area (Å²) in [7, 11) is -2.03. The molecule has 5 nitrogen and oxygen atoms in total. The maximum absolute atomic E-state index is 12.9. The van der Waals surface area contributed by atoms with Crippen LogP contribution in [0.1, 0.15) is 17.2 Å². The molecule has 1 aliphatic heterocycles. The molecule has 23 heavy (non-hydrogen) atoms. The number of amidine groups is 1. The Kier molecular flexibility index (Phi) is 3.91. The molecule has 120 valence electrons. The van der Waals surface area contributed by atoms with Crippen molar-refractivity contribution >= 4 is 15.9 Å². The van der Waals surface area contributed by atoms with E-state index < -0.39 is 16.1 Å². The van der Waals surface area contributed by atoms with Crippen LogP contribution < -0.4 is 0 Å². The lowest BCUT2D eigenvalue weighted by Crippen LogP contribution is -2.31. The van der Waals surface area contributed by atoms with Crippen molar-refractivity contribution in [3.63, 3.8) is 0 Å². The van der Waals surface area contributed by atoms with Crippen LogP contribution in [0.3, 0.4) is 0 Å². The van der Waals surface area contributed by atoms with Crippen LogP contribution in [-0.2, 0) is 10.0 Å². The Bertz CT molecular complexity index is 863. The van der Waals surface area contributed by atoms with E-state index in [0.29, 0.717) is 17.0 Å². The fourth-order valence-corrected chi connectivity index (χ4v) is 3.75. The summed E-state index contributed by atoms with van der Waals surface area (Å²) >= 11 is 0. The van der Waals surface area contributed by atoms with E-state index in [-0.39, 0.29) is 17.3 Å². The summed E-state index contributed by atoms with van der Waals surface area (Å²) in [6, 6.07) is 12.1.